The van der Waals surface area contributed by atoms with Crippen molar-refractivity contribution in [3.05, 3.63) is 95.0 Å². The Morgan fingerprint density at radius 3 is 2.19 bits per heavy atom. The van der Waals surface area contributed by atoms with E-state index in [4.69, 9.17) is 11.6 Å². The molecule has 2 heterocycles. The van der Waals surface area contributed by atoms with E-state index in [1.165, 1.54) is 23.1 Å². The van der Waals surface area contributed by atoms with Crippen LogP contribution < -0.4 is 4.90 Å². The second-order valence-corrected chi connectivity index (χ2v) is 9.22. The van der Waals surface area contributed by atoms with Gasteiger partial charge in [-0.25, -0.2) is 0 Å². The molecule has 178 valence electrons. The molecule has 0 saturated carbocycles. The van der Waals surface area contributed by atoms with E-state index in [-0.39, 0.29) is 0 Å². The number of alkyl halides is 3. The van der Waals surface area contributed by atoms with E-state index in [9.17, 15) is 28.5 Å². The van der Waals surface area contributed by atoms with Gasteiger partial charge < -0.3 is 4.90 Å². The lowest BCUT2D eigenvalue weighted by Gasteiger charge is -2.35. The fourth-order valence-electron chi connectivity index (χ4n) is 5.32. The maximum Gasteiger partial charge on any atom is 0.452 e. The van der Waals surface area contributed by atoms with Gasteiger partial charge >= 0.3 is 6.18 Å². The van der Waals surface area contributed by atoms with E-state index < -0.39 is 35.4 Å². The molecule has 2 aliphatic rings. The van der Waals surface area contributed by atoms with Crippen molar-refractivity contribution >= 4 is 29.1 Å². The molecule has 4 nitrogen and oxygen atoms in total. The minimum Gasteiger partial charge on any atom is -0.351 e. The first-order valence-corrected chi connectivity index (χ1v) is 11.4. The molecule has 0 spiro atoms. The number of rotatable bonds is 3. The molecule has 2 aliphatic heterocycles. The maximum atomic E-state index is 14.0. The maximum absolute atomic E-state index is 14.0. The van der Waals surface area contributed by atoms with E-state index in [0.29, 0.717) is 21.8 Å². The summed E-state index contributed by atoms with van der Waals surface area (Å²) < 4.78 is 41.9. The minimum absolute atomic E-state index is 0.304. The van der Waals surface area contributed by atoms with Crippen molar-refractivity contribution in [1.29, 1.82) is 10.5 Å². The van der Waals surface area contributed by atoms with Crippen molar-refractivity contribution in [1.82, 2.24) is 0 Å². The highest BCUT2D eigenvalue weighted by Gasteiger charge is 2.66. The molecule has 0 radical (unpaired) electrons. The number of nitriles is 2. The number of hydrogen-bond donors (Lipinski definition) is 0. The van der Waals surface area contributed by atoms with E-state index in [2.05, 4.69) is 0 Å². The van der Waals surface area contributed by atoms with Crippen LogP contribution in [-0.2, 0) is 4.79 Å². The highest BCUT2D eigenvalue weighted by molar-refractivity contribution is 6.30. The van der Waals surface area contributed by atoms with Crippen molar-refractivity contribution in [3.63, 3.8) is 0 Å². The number of carbonyl (C=O) groups excluding carboxylic acids is 1. The molecule has 8 heteroatoms. The normalized spacial score (nSPS) is 21.7. The Morgan fingerprint density at radius 2 is 1.58 bits per heavy atom. The van der Waals surface area contributed by atoms with Crippen molar-refractivity contribution in [3.8, 4) is 23.3 Å². The number of Topliss-reactive ketones (excluding diaryl/α,β-unsaturated/α-hetero) is 1. The number of halogens is 4. The van der Waals surface area contributed by atoms with E-state index in [1.54, 1.807) is 36.4 Å². The van der Waals surface area contributed by atoms with Crippen molar-refractivity contribution in [2.75, 3.05) is 4.90 Å². The third kappa shape index (κ3) is 3.56. The molecule has 3 atom stereocenters. The zero-order valence-corrected chi connectivity index (χ0v) is 19.3. The second-order valence-electron chi connectivity index (χ2n) is 8.78. The number of anilines is 1. The lowest BCUT2D eigenvalue weighted by molar-refractivity contribution is -0.172. The summed E-state index contributed by atoms with van der Waals surface area (Å²) in [4.78, 5) is 14.2. The third-order valence-electron chi connectivity index (χ3n) is 6.89. The molecule has 3 unspecified atom stereocenters. The van der Waals surface area contributed by atoms with Gasteiger partial charge in [0, 0.05) is 16.6 Å². The van der Waals surface area contributed by atoms with Crippen LogP contribution in [-0.4, -0.2) is 24.0 Å². The highest BCUT2D eigenvalue weighted by atomic mass is 35.5. The number of hydrogen-bond acceptors (Lipinski definition) is 4. The molecule has 3 aromatic carbocycles. The standard InChI is InChI=1S/C28H17ClF3N3O/c29-21-11-12-22-20(14-21)10-13-23-27(15-33,16-34)24(25(35(22)23)26(36)28(30,31)32)19-8-6-18(7-9-19)17-4-2-1-3-5-17/h1-14,23-25H. The van der Waals surface area contributed by atoms with E-state index in [0.717, 1.165) is 11.1 Å². The van der Waals surface area contributed by atoms with Crippen molar-refractivity contribution < 1.29 is 18.0 Å². The minimum atomic E-state index is -5.17. The van der Waals surface area contributed by atoms with Gasteiger partial charge in [-0.3, -0.25) is 4.79 Å². The molecule has 0 bridgehead atoms. The Morgan fingerprint density at radius 1 is 0.944 bits per heavy atom. The third-order valence-corrected chi connectivity index (χ3v) is 7.13. The molecule has 1 fully saturated rings. The Balaban J connectivity index is 1.72. The average Bonchev–Trinajstić information content (AvgIpc) is 3.18. The van der Waals surface area contributed by atoms with Crippen molar-refractivity contribution in [2.45, 2.75) is 24.2 Å². The number of nitrogens with zero attached hydrogens (tertiary/aromatic N) is 3. The first kappa shape index (κ1) is 23.7. The molecule has 0 aliphatic carbocycles. The van der Waals surface area contributed by atoms with Crippen molar-refractivity contribution in [2.24, 2.45) is 5.41 Å². The average molecular weight is 504 g/mol. The largest absolute Gasteiger partial charge is 0.452 e. The van der Waals surface area contributed by atoms with Crippen LogP contribution in [0.25, 0.3) is 17.2 Å². The summed E-state index contributed by atoms with van der Waals surface area (Å²) in [6, 6.07) is 21.7. The summed E-state index contributed by atoms with van der Waals surface area (Å²) in [5, 5.41) is 20.9. The number of benzene rings is 3. The fraction of sp³-hybridized carbons (Fsp3) is 0.179. The van der Waals surface area contributed by atoms with Gasteiger partial charge in [-0.15, -0.1) is 0 Å². The van der Waals surface area contributed by atoms with Gasteiger partial charge in [0.2, 0.25) is 0 Å². The molecule has 5 rings (SSSR count). The second kappa shape index (κ2) is 8.55. The monoisotopic (exact) mass is 503 g/mol. The fourth-order valence-corrected chi connectivity index (χ4v) is 5.50. The summed E-state index contributed by atoms with van der Waals surface area (Å²) in [5.74, 6) is -3.36. The first-order valence-electron chi connectivity index (χ1n) is 11.1. The van der Waals surface area contributed by atoms with Gasteiger partial charge in [-0.1, -0.05) is 78.4 Å². The predicted molar refractivity (Wildman–Crippen MR) is 130 cm³/mol. The number of carbonyl (C=O) groups is 1. The Hall–Kier alpha value is -4.07. The highest BCUT2D eigenvalue weighted by Crippen LogP contribution is 2.56. The van der Waals surface area contributed by atoms with Crippen LogP contribution in [0.5, 0.6) is 0 Å². The summed E-state index contributed by atoms with van der Waals surface area (Å²) in [6.07, 6.45) is -2.03. The van der Waals surface area contributed by atoms with Gasteiger partial charge in [0.1, 0.15) is 6.04 Å². The zero-order chi connectivity index (χ0) is 25.7. The summed E-state index contributed by atoms with van der Waals surface area (Å²) in [7, 11) is 0. The Kier molecular flexibility index (Phi) is 5.62. The zero-order valence-electron chi connectivity index (χ0n) is 18.6. The van der Waals surface area contributed by atoms with Crippen LogP contribution in [0.1, 0.15) is 17.0 Å². The summed E-state index contributed by atoms with van der Waals surface area (Å²) >= 11 is 6.09. The molecular weight excluding hydrogens is 487 g/mol. The van der Waals surface area contributed by atoms with Crippen LogP contribution in [0, 0.1) is 28.1 Å². The number of fused-ring (bicyclic) bond motifs is 3. The Labute approximate surface area is 210 Å². The topological polar surface area (TPSA) is 67.9 Å². The van der Waals surface area contributed by atoms with Crippen LogP contribution in [0.15, 0.2) is 78.9 Å². The number of ketones is 1. The van der Waals surface area contributed by atoms with Gasteiger partial charge in [-0.2, -0.15) is 23.7 Å². The molecule has 0 amide bonds. The van der Waals surface area contributed by atoms with E-state index in [1.807, 2.05) is 42.5 Å². The van der Waals surface area contributed by atoms with Gasteiger partial charge in [-0.05, 0) is 40.5 Å². The smallest absolute Gasteiger partial charge is 0.351 e. The molecule has 0 N–H and O–H groups in total. The summed E-state index contributed by atoms with van der Waals surface area (Å²) in [5.41, 5.74) is 0.882. The van der Waals surface area contributed by atoms with Gasteiger partial charge in [0.25, 0.3) is 5.78 Å². The van der Waals surface area contributed by atoms with Gasteiger partial charge in [0.05, 0.1) is 18.2 Å². The SMILES string of the molecule is N#CC1(C#N)C(c2ccc(-c3ccccc3)cc2)C(C(=O)C(F)(F)F)N2c3ccc(Cl)cc3C=CC21. The molecule has 3 aromatic rings. The molecule has 36 heavy (non-hydrogen) atoms. The lowest BCUT2D eigenvalue weighted by Crippen LogP contribution is -2.48. The summed E-state index contributed by atoms with van der Waals surface area (Å²) in [6.45, 7) is 0. The molecular formula is C28H17ClF3N3O. The predicted octanol–water partition coefficient (Wildman–Crippen LogP) is 6.54. The lowest BCUT2D eigenvalue weighted by atomic mass is 9.69. The quantitative estimate of drug-likeness (QED) is 0.407. The van der Waals surface area contributed by atoms with Crippen LogP contribution in [0.3, 0.4) is 0 Å². The molecule has 0 aromatic heterocycles. The molecule has 1 saturated heterocycles. The van der Waals surface area contributed by atoms with Crippen LogP contribution >= 0.6 is 11.6 Å². The van der Waals surface area contributed by atoms with Gasteiger partial charge in [0.15, 0.2) is 5.41 Å². The van der Waals surface area contributed by atoms with E-state index >= 15 is 0 Å². The first-order chi connectivity index (χ1) is 17.2. The van der Waals surface area contributed by atoms with Crippen LogP contribution in [0.2, 0.25) is 5.02 Å². The Bertz CT molecular complexity index is 1440. The van der Waals surface area contributed by atoms with Crippen LogP contribution in [0.4, 0.5) is 18.9 Å².